The smallest absolute Gasteiger partial charge is 0.0727 e. The molecule has 0 amide bonds. The molecule has 2 aromatic rings. The summed E-state index contributed by atoms with van der Waals surface area (Å²) in [4.78, 5) is 0.949. The van der Waals surface area contributed by atoms with E-state index in [-0.39, 0.29) is 0 Å². The molecule has 1 aromatic heterocycles. The van der Waals surface area contributed by atoms with Crippen LogP contribution in [-0.2, 0) is 5.75 Å². The Morgan fingerprint density at radius 2 is 2.10 bits per heavy atom. The molecule has 20 heavy (non-hydrogen) atoms. The van der Waals surface area contributed by atoms with Gasteiger partial charge in [-0.1, -0.05) is 30.5 Å². The van der Waals surface area contributed by atoms with Crippen molar-refractivity contribution in [1.29, 1.82) is 0 Å². The van der Waals surface area contributed by atoms with E-state index in [1.807, 2.05) is 18.2 Å². The molecule has 106 valence electrons. The summed E-state index contributed by atoms with van der Waals surface area (Å²) in [5.74, 6) is 0.799. The lowest BCUT2D eigenvalue weighted by Crippen LogP contribution is -2.05. The Morgan fingerprint density at radius 3 is 2.85 bits per heavy atom. The van der Waals surface area contributed by atoms with Crippen molar-refractivity contribution in [3.05, 3.63) is 41.2 Å². The Balaban J connectivity index is 1.66. The maximum absolute atomic E-state index is 6.18. The zero-order valence-corrected chi connectivity index (χ0v) is 12.8. The number of nitrogens with two attached hydrogens (primary N) is 1. The lowest BCUT2D eigenvalue weighted by molar-refractivity contribution is 0.464. The molecule has 3 rings (SSSR count). The average molecular weight is 308 g/mol. The van der Waals surface area contributed by atoms with Gasteiger partial charge in [0.15, 0.2) is 0 Å². The Kier molecular flexibility index (Phi) is 4.22. The molecule has 0 saturated heterocycles. The standard InChI is InChI=1S/C15H18ClN3S/c16-13-6-3-7-14(17)15(13)20-10-11-8-9-19(18-11)12-4-1-2-5-12/h3,6-9,12H,1-2,4-5,10,17H2. The van der Waals surface area contributed by atoms with Gasteiger partial charge in [0.05, 0.1) is 16.8 Å². The highest BCUT2D eigenvalue weighted by Crippen LogP contribution is 2.34. The number of anilines is 1. The van der Waals surface area contributed by atoms with Crippen molar-refractivity contribution >= 4 is 29.1 Å². The third-order valence-corrected chi connectivity index (χ3v) is 5.34. The van der Waals surface area contributed by atoms with E-state index in [9.17, 15) is 0 Å². The maximum atomic E-state index is 6.18. The molecule has 0 bridgehead atoms. The van der Waals surface area contributed by atoms with Crippen molar-refractivity contribution in [2.24, 2.45) is 0 Å². The molecular formula is C15H18ClN3S. The molecule has 0 radical (unpaired) electrons. The highest BCUT2D eigenvalue weighted by Gasteiger charge is 2.17. The molecule has 3 nitrogen and oxygen atoms in total. The molecule has 1 saturated carbocycles. The highest BCUT2D eigenvalue weighted by atomic mass is 35.5. The Labute approximate surface area is 128 Å². The molecular weight excluding hydrogens is 290 g/mol. The van der Waals surface area contributed by atoms with Crippen LogP contribution < -0.4 is 5.73 Å². The van der Waals surface area contributed by atoms with E-state index < -0.39 is 0 Å². The molecule has 0 unspecified atom stereocenters. The van der Waals surface area contributed by atoms with Gasteiger partial charge >= 0.3 is 0 Å². The summed E-state index contributed by atoms with van der Waals surface area (Å²) in [6.45, 7) is 0. The minimum absolute atomic E-state index is 0.596. The number of nitrogen functional groups attached to an aromatic ring is 1. The Hall–Kier alpha value is -1.13. The SMILES string of the molecule is Nc1cccc(Cl)c1SCc1ccn(C2CCCC2)n1. The van der Waals surface area contributed by atoms with Crippen LogP contribution >= 0.6 is 23.4 Å². The van der Waals surface area contributed by atoms with Gasteiger partial charge in [0.2, 0.25) is 0 Å². The molecule has 1 aromatic carbocycles. The second kappa shape index (κ2) is 6.10. The number of benzene rings is 1. The number of aromatic nitrogens is 2. The van der Waals surface area contributed by atoms with Crippen LogP contribution in [0.1, 0.15) is 37.4 Å². The maximum Gasteiger partial charge on any atom is 0.0727 e. The summed E-state index contributed by atoms with van der Waals surface area (Å²) >= 11 is 7.83. The minimum atomic E-state index is 0.596. The van der Waals surface area contributed by atoms with E-state index >= 15 is 0 Å². The Morgan fingerprint density at radius 1 is 1.30 bits per heavy atom. The predicted molar refractivity (Wildman–Crippen MR) is 85.2 cm³/mol. The van der Waals surface area contributed by atoms with Crippen LogP contribution in [-0.4, -0.2) is 9.78 Å². The molecule has 0 aliphatic heterocycles. The number of rotatable bonds is 4. The van der Waals surface area contributed by atoms with E-state index in [0.29, 0.717) is 11.1 Å². The largest absolute Gasteiger partial charge is 0.398 e. The van der Waals surface area contributed by atoms with Gasteiger partial charge in [-0.25, -0.2) is 0 Å². The molecule has 5 heteroatoms. The quantitative estimate of drug-likeness (QED) is 0.667. The average Bonchev–Trinajstić information content (AvgIpc) is 3.09. The first-order valence-corrected chi connectivity index (χ1v) is 8.31. The molecule has 1 aliphatic carbocycles. The van der Waals surface area contributed by atoms with Gasteiger partial charge in [-0.2, -0.15) is 5.10 Å². The predicted octanol–water partition coefficient (Wildman–Crippen LogP) is 4.53. The van der Waals surface area contributed by atoms with Crippen LogP contribution in [0.15, 0.2) is 35.4 Å². The van der Waals surface area contributed by atoms with Crippen LogP contribution in [0.25, 0.3) is 0 Å². The molecule has 1 aliphatic rings. The second-order valence-electron chi connectivity index (χ2n) is 5.17. The van der Waals surface area contributed by atoms with Gasteiger partial charge in [-0.3, -0.25) is 4.68 Å². The summed E-state index contributed by atoms with van der Waals surface area (Å²) in [6, 6.07) is 8.32. The van der Waals surface area contributed by atoms with Gasteiger partial charge in [0.25, 0.3) is 0 Å². The fourth-order valence-electron chi connectivity index (χ4n) is 2.65. The van der Waals surface area contributed by atoms with Gasteiger partial charge < -0.3 is 5.73 Å². The number of halogens is 1. The summed E-state index contributed by atoms with van der Waals surface area (Å²) < 4.78 is 2.12. The van der Waals surface area contributed by atoms with Crippen molar-refractivity contribution in [3.8, 4) is 0 Å². The number of hydrogen-bond donors (Lipinski definition) is 1. The molecule has 1 heterocycles. The minimum Gasteiger partial charge on any atom is -0.398 e. The number of thioether (sulfide) groups is 1. The fourth-order valence-corrected chi connectivity index (χ4v) is 3.88. The highest BCUT2D eigenvalue weighted by molar-refractivity contribution is 7.98. The summed E-state index contributed by atoms with van der Waals surface area (Å²) in [7, 11) is 0. The van der Waals surface area contributed by atoms with Crippen LogP contribution in [0.5, 0.6) is 0 Å². The third-order valence-electron chi connectivity index (χ3n) is 3.72. The topological polar surface area (TPSA) is 43.8 Å². The zero-order valence-electron chi connectivity index (χ0n) is 11.3. The van der Waals surface area contributed by atoms with Crippen molar-refractivity contribution in [2.75, 3.05) is 5.73 Å². The number of hydrogen-bond acceptors (Lipinski definition) is 3. The van der Waals surface area contributed by atoms with E-state index in [0.717, 1.165) is 22.0 Å². The van der Waals surface area contributed by atoms with Gasteiger partial charge in [-0.15, -0.1) is 11.8 Å². The monoisotopic (exact) mass is 307 g/mol. The summed E-state index contributed by atoms with van der Waals surface area (Å²) in [5, 5.41) is 5.39. The lowest BCUT2D eigenvalue weighted by atomic mass is 10.3. The van der Waals surface area contributed by atoms with Crippen LogP contribution in [0, 0.1) is 0 Å². The van der Waals surface area contributed by atoms with E-state index in [1.54, 1.807) is 11.8 Å². The van der Waals surface area contributed by atoms with Crippen molar-refractivity contribution in [3.63, 3.8) is 0 Å². The van der Waals surface area contributed by atoms with Gasteiger partial charge in [0.1, 0.15) is 0 Å². The molecule has 1 fully saturated rings. The summed E-state index contributed by atoms with van der Waals surface area (Å²) in [5.41, 5.74) is 7.78. The van der Waals surface area contributed by atoms with Crippen molar-refractivity contribution in [2.45, 2.75) is 42.4 Å². The normalized spacial score (nSPS) is 15.8. The van der Waals surface area contributed by atoms with E-state index in [2.05, 4.69) is 22.0 Å². The molecule has 0 spiro atoms. The zero-order chi connectivity index (χ0) is 13.9. The second-order valence-corrected chi connectivity index (χ2v) is 6.57. The van der Waals surface area contributed by atoms with Crippen LogP contribution in [0.4, 0.5) is 5.69 Å². The van der Waals surface area contributed by atoms with Gasteiger partial charge in [0, 0.05) is 22.5 Å². The Bertz CT molecular complexity index is 570. The molecule has 0 atom stereocenters. The lowest BCUT2D eigenvalue weighted by Gasteiger charge is -2.09. The van der Waals surface area contributed by atoms with Crippen molar-refractivity contribution in [1.82, 2.24) is 9.78 Å². The van der Waals surface area contributed by atoms with Crippen LogP contribution in [0.2, 0.25) is 5.02 Å². The third kappa shape index (κ3) is 2.96. The van der Waals surface area contributed by atoms with Crippen LogP contribution in [0.3, 0.4) is 0 Å². The fraction of sp³-hybridized carbons (Fsp3) is 0.400. The van der Waals surface area contributed by atoms with E-state index in [1.165, 1.54) is 25.7 Å². The summed E-state index contributed by atoms with van der Waals surface area (Å²) in [6.07, 6.45) is 7.26. The first kappa shape index (κ1) is 13.8. The van der Waals surface area contributed by atoms with Gasteiger partial charge in [-0.05, 0) is 31.0 Å². The first-order valence-electron chi connectivity index (χ1n) is 6.95. The van der Waals surface area contributed by atoms with Crippen molar-refractivity contribution < 1.29 is 0 Å². The van der Waals surface area contributed by atoms with E-state index in [4.69, 9.17) is 17.3 Å². The molecule has 2 N–H and O–H groups in total. The number of nitrogens with zero attached hydrogens (tertiary/aromatic N) is 2. The first-order chi connectivity index (χ1) is 9.74.